The third kappa shape index (κ3) is 4.50. The molecule has 4 heteroatoms. The summed E-state index contributed by atoms with van der Waals surface area (Å²) in [5.74, 6) is 1.81. The van der Waals surface area contributed by atoms with E-state index in [0.29, 0.717) is 4.99 Å². The number of rotatable bonds is 8. The fraction of sp³-hybridized carbons (Fsp3) is 0.500. The molecule has 0 bridgehead atoms. The van der Waals surface area contributed by atoms with Gasteiger partial charge in [0.2, 0.25) is 0 Å². The molecule has 0 amide bonds. The first-order valence-corrected chi connectivity index (χ1v) is 7.78. The highest BCUT2D eigenvalue weighted by atomic mass is 32.2. The lowest BCUT2D eigenvalue weighted by Gasteiger charge is -2.14. The average molecular weight is 283 g/mol. The van der Waals surface area contributed by atoms with Crippen molar-refractivity contribution in [3.05, 3.63) is 23.8 Å². The van der Waals surface area contributed by atoms with Gasteiger partial charge in [0, 0.05) is 4.90 Å². The summed E-state index contributed by atoms with van der Waals surface area (Å²) >= 11 is 6.88. The first kappa shape index (κ1) is 15.3. The van der Waals surface area contributed by atoms with E-state index in [9.17, 15) is 0 Å². The lowest BCUT2D eigenvalue weighted by molar-refractivity contribution is 0.305. The van der Waals surface area contributed by atoms with Gasteiger partial charge in [-0.2, -0.15) is 0 Å². The van der Waals surface area contributed by atoms with Gasteiger partial charge >= 0.3 is 0 Å². The van der Waals surface area contributed by atoms with Crippen molar-refractivity contribution in [3.63, 3.8) is 0 Å². The van der Waals surface area contributed by atoms with Gasteiger partial charge in [0.15, 0.2) is 0 Å². The quantitative estimate of drug-likeness (QED) is 0.444. The van der Waals surface area contributed by atoms with E-state index >= 15 is 0 Å². The number of hydrogen-bond acceptors (Lipinski definition) is 3. The van der Waals surface area contributed by atoms with Crippen molar-refractivity contribution in [2.24, 2.45) is 5.73 Å². The van der Waals surface area contributed by atoms with Gasteiger partial charge < -0.3 is 10.5 Å². The Labute approximate surface area is 119 Å². The molecule has 0 saturated heterocycles. The molecule has 0 atom stereocenters. The first-order valence-electron chi connectivity index (χ1n) is 6.39. The van der Waals surface area contributed by atoms with Gasteiger partial charge in [0.05, 0.1) is 12.2 Å². The molecule has 0 aliphatic rings. The molecule has 0 spiro atoms. The summed E-state index contributed by atoms with van der Waals surface area (Å²) < 4.78 is 5.81. The number of benzene rings is 1. The highest BCUT2D eigenvalue weighted by Crippen LogP contribution is 2.30. The van der Waals surface area contributed by atoms with Crippen molar-refractivity contribution in [3.8, 4) is 5.75 Å². The number of hydrogen-bond donors (Lipinski definition) is 1. The van der Waals surface area contributed by atoms with Crippen LogP contribution in [0.15, 0.2) is 23.1 Å². The molecular weight excluding hydrogens is 262 g/mol. The fourth-order valence-electron chi connectivity index (χ4n) is 1.68. The number of nitrogens with two attached hydrogens (primary N) is 1. The van der Waals surface area contributed by atoms with Crippen molar-refractivity contribution in [1.29, 1.82) is 0 Å². The molecule has 0 aliphatic carbocycles. The van der Waals surface area contributed by atoms with Gasteiger partial charge in [-0.05, 0) is 24.3 Å². The van der Waals surface area contributed by atoms with Gasteiger partial charge in [-0.25, -0.2) is 0 Å². The third-order valence-electron chi connectivity index (χ3n) is 2.54. The number of unbranched alkanes of at least 4 members (excludes halogenated alkanes) is 2. The molecule has 0 fully saturated rings. The zero-order chi connectivity index (χ0) is 13.4. The van der Waals surface area contributed by atoms with Crippen LogP contribution in [-0.4, -0.2) is 17.3 Å². The van der Waals surface area contributed by atoms with E-state index < -0.39 is 0 Å². The van der Waals surface area contributed by atoms with Gasteiger partial charge in [0.25, 0.3) is 0 Å². The molecule has 100 valence electrons. The second-order valence-corrected chi connectivity index (χ2v) is 5.73. The van der Waals surface area contributed by atoms with E-state index in [1.165, 1.54) is 12.8 Å². The Morgan fingerprint density at radius 3 is 2.72 bits per heavy atom. The molecule has 0 saturated carbocycles. The van der Waals surface area contributed by atoms with Gasteiger partial charge in [-0.1, -0.05) is 45.0 Å². The van der Waals surface area contributed by atoms with Crippen LogP contribution >= 0.6 is 24.0 Å². The average Bonchev–Trinajstić information content (AvgIpc) is 2.35. The molecule has 2 N–H and O–H groups in total. The maximum atomic E-state index is 5.81. The van der Waals surface area contributed by atoms with Gasteiger partial charge in [-0.15, -0.1) is 11.8 Å². The number of ether oxygens (including phenoxy) is 1. The second kappa shape index (κ2) is 8.38. The van der Waals surface area contributed by atoms with Crippen molar-refractivity contribution >= 4 is 29.0 Å². The maximum Gasteiger partial charge on any atom is 0.130 e. The Bertz CT molecular complexity index is 393. The van der Waals surface area contributed by atoms with Crippen molar-refractivity contribution in [2.45, 2.75) is 38.0 Å². The Morgan fingerprint density at radius 2 is 2.11 bits per heavy atom. The Hall–Kier alpha value is -0.740. The Morgan fingerprint density at radius 1 is 1.33 bits per heavy atom. The smallest absolute Gasteiger partial charge is 0.130 e. The standard InChI is InChI=1S/C14H21NOS2/c1-3-5-6-10-16-11-8-7-9-12(18-4-2)13(11)14(15)17/h7-9H,3-6,10H2,1-2H3,(H2,15,17). The molecule has 1 aromatic carbocycles. The minimum atomic E-state index is 0.414. The highest BCUT2D eigenvalue weighted by molar-refractivity contribution is 7.99. The van der Waals surface area contributed by atoms with Crippen molar-refractivity contribution < 1.29 is 4.74 Å². The molecule has 1 aromatic rings. The molecule has 0 unspecified atom stereocenters. The van der Waals surface area contributed by atoms with Crippen LogP contribution < -0.4 is 10.5 Å². The summed E-state index contributed by atoms with van der Waals surface area (Å²) in [6.07, 6.45) is 3.45. The number of thiocarbonyl (C=S) groups is 1. The maximum absolute atomic E-state index is 5.81. The molecule has 18 heavy (non-hydrogen) atoms. The molecule has 0 aromatic heterocycles. The monoisotopic (exact) mass is 283 g/mol. The van der Waals surface area contributed by atoms with E-state index in [0.717, 1.165) is 35.0 Å². The van der Waals surface area contributed by atoms with Crippen LogP contribution in [0.2, 0.25) is 0 Å². The lowest BCUT2D eigenvalue weighted by Crippen LogP contribution is -2.13. The first-order chi connectivity index (χ1) is 8.70. The van der Waals surface area contributed by atoms with Crippen LogP contribution in [0.4, 0.5) is 0 Å². The van der Waals surface area contributed by atoms with E-state index in [-0.39, 0.29) is 0 Å². The topological polar surface area (TPSA) is 35.2 Å². The van der Waals surface area contributed by atoms with E-state index in [1.807, 2.05) is 18.2 Å². The van der Waals surface area contributed by atoms with Crippen LogP contribution in [-0.2, 0) is 0 Å². The van der Waals surface area contributed by atoms with Crippen LogP contribution in [0.3, 0.4) is 0 Å². The SMILES string of the molecule is CCCCCOc1cccc(SCC)c1C(N)=S. The summed E-state index contributed by atoms with van der Waals surface area (Å²) in [4.78, 5) is 1.52. The van der Waals surface area contributed by atoms with Gasteiger partial charge in [0.1, 0.15) is 10.7 Å². The summed E-state index contributed by atoms with van der Waals surface area (Å²) in [7, 11) is 0. The highest BCUT2D eigenvalue weighted by Gasteiger charge is 2.12. The van der Waals surface area contributed by atoms with E-state index in [2.05, 4.69) is 13.8 Å². The summed E-state index contributed by atoms with van der Waals surface area (Å²) in [6.45, 7) is 5.02. The molecule has 2 nitrogen and oxygen atoms in total. The Kier molecular flexibility index (Phi) is 7.13. The zero-order valence-corrected chi connectivity index (χ0v) is 12.7. The van der Waals surface area contributed by atoms with E-state index in [1.54, 1.807) is 11.8 Å². The normalized spacial score (nSPS) is 10.3. The molecular formula is C14H21NOS2. The predicted molar refractivity (Wildman–Crippen MR) is 83.7 cm³/mol. The Balaban J connectivity index is 2.82. The van der Waals surface area contributed by atoms with Crippen LogP contribution in [0, 0.1) is 0 Å². The summed E-state index contributed by atoms with van der Waals surface area (Å²) in [5, 5.41) is 0. The van der Waals surface area contributed by atoms with Crippen LogP contribution in [0.1, 0.15) is 38.7 Å². The van der Waals surface area contributed by atoms with E-state index in [4.69, 9.17) is 22.7 Å². The second-order valence-electron chi connectivity index (χ2n) is 3.98. The fourth-order valence-corrected chi connectivity index (χ4v) is 2.80. The van der Waals surface area contributed by atoms with Crippen molar-refractivity contribution in [1.82, 2.24) is 0 Å². The molecule has 0 radical (unpaired) electrons. The number of thioether (sulfide) groups is 1. The predicted octanol–water partition coefficient (Wildman–Crippen LogP) is 4.00. The molecule has 0 aliphatic heterocycles. The third-order valence-corrected chi connectivity index (χ3v) is 3.68. The molecule has 1 rings (SSSR count). The minimum Gasteiger partial charge on any atom is -0.493 e. The van der Waals surface area contributed by atoms with Crippen LogP contribution in [0.5, 0.6) is 5.75 Å². The molecule has 0 heterocycles. The van der Waals surface area contributed by atoms with Crippen molar-refractivity contribution in [2.75, 3.05) is 12.4 Å². The summed E-state index contributed by atoms with van der Waals surface area (Å²) in [5.41, 5.74) is 6.70. The largest absolute Gasteiger partial charge is 0.493 e. The zero-order valence-electron chi connectivity index (χ0n) is 11.1. The van der Waals surface area contributed by atoms with Gasteiger partial charge in [-0.3, -0.25) is 0 Å². The van der Waals surface area contributed by atoms with Crippen LogP contribution in [0.25, 0.3) is 0 Å². The summed E-state index contributed by atoms with van der Waals surface area (Å²) in [6, 6.07) is 5.98. The minimum absolute atomic E-state index is 0.414. The lowest BCUT2D eigenvalue weighted by atomic mass is 10.2.